The van der Waals surface area contributed by atoms with Gasteiger partial charge in [-0.25, -0.2) is 9.59 Å². The first-order valence-corrected chi connectivity index (χ1v) is 4.59. The molecule has 0 heterocycles. The van der Waals surface area contributed by atoms with Crippen LogP contribution in [0.2, 0.25) is 0 Å². The van der Waals surface area contributed by atoms with Gasteiger partial charge in [-0.3, -0.25) is 0 Å². The number of benzene rings is 2. The Morgan fingerprint density at radius 3 is 2.18 bits per heavy atom. The molecule has 5 heteroatoms. The Labute approximate surface area is 116 Å². The van der Waals surface area contributed by atoms with Crippen molar-refractivity contribution < 1.29 is 22.7 Å². The Hall–Kier alpha value is -1.59. The van der Waals surface area contributed by atoms with Gasteiger partial charge in [0.15, 0.2) is 0 Å². The van der Waals surface area contributed by atoms with E-state index in [1.165, 1.54) is 6.07 Å². The molecule has 0 atom stereocenters. The van der Waals surface area contributed by atoms with Crippen molar-refractivity contribution in [2.75, 3.05) is 0 Å². The summed E-state index contributed by atoms with van der Waals surface area (Å²) in [5.41, 5.74) is -0.350. The first-order chi connectivity index (χ1) is 7.61. The summed E-state index contributed by atoms with van der Waals surface area (Å²) in [5.74, 6) is -2.46. The molecule has 4 nitrogen and oxygen atoms in total. The zero-order valence-electron chi connectivity index (χ0n) is 10.9. The molecule has 2 aromatic rings. The van der Waals surface area contributed by atoms with Crippen LogP contribution in [0.3, 0.4) is 0 Å². The van der Waals surface area contributed by atoms with Crippen LogP contribution in [0, 0.1) is 0 Å². The molecule has 2 rings (SSSR count). The van der Waals surface area contributed by atoms with Gasteiger partial charge in [-0.15, -0.1) is 0 Å². The van der Waals surface area contributed by atoms with E-state index >= 15 is 0 Å². The van der Waals surface area contributed by atoms with E-state index < -0.39 is 11.9 Å². The molecule has 0 unspecified atom stereocenters. The van der Waals surface area contributed by atoms with E-state index in [0.717, 1.165) is 0 Å². The first kappa shape index (κ1) is 13.5. The van der Waals surface area contributed by atoms with E-state index in [2.05, 4.69) is 0 Å². The molecule has 0 aliphatic heterocycles. The predicted octanol–water partition coefficient (Wildman–Crippen LogP) is 2.08. The van der Waals surface area contributed by atoms with E-state index in [9.17, 15) is 9.59 Å². The SMILES string of the molecule is O=C(O)c1ccc2ccccc2c1C(=O)O.[H-].[H-].[Mg+2]. The topological polar surface area (TPSA) is 74.6 Å². The predicted molar refractivity (Wildman–Crippen MR) is 65.8 cm³/mol. The van der Waals surface area contributed by atoms with E-state index in [1.54, 1.807) is 30.3 Å². The molecule has 0 amide bonds. The first-order valence-electron chi connectivity index (χ1n) is 4.59. The van der Waals surface area contributed by atoms with Gasteiger partial charge >= 0.3 is 35.0 Å². The number of rotatable bonds is 2. The van der Waals surface area contributed by atoms with Gasteiger partial charge in [0.25, 0.3) is 0 Å². The fourth-order valence-corrected chi connectivity index (χ4v) is 1.68. The van der Waals surface area contributed by atoms with Gasteiger partial charge in [0.05, 0.1) is 11.1 Å². The Kier molecular flexibility index (Phi) is 4.09. The van der Waals surface area contributed by atoms with Crippen molar-refractivity contribution in [3.05, 3.63) is 47.5 Å². The summed E-state index contributed by atoms with van der Waals surface area (Å²) < 4.78 is 0. The molecule has 0 saturated heterocycles. The number of aromatic carboxylic acids is 2. The monoisotopic (exact) mass is 242 g/mol. The van der Waals surface area contributed by atoms with E-state index in [0.29, 0.717) is 10.8 Å². The van der Waals surface area contributed by atoms with Crippen LogP contribution in [0.15, 0.2) is 36.4 Å². The molecular formula is C12H10MgO4. The third kappa shape index (κ3) is 2.40. The minimum absolute atomic E-state index is 0. The van der Waals surface area contributed by atoms with E-state index in [4.69, 9.17) is 10.2 Å². The number of carboxylic acid groups (broad SMARTS) is 2. The summed E-state index contributed by atoms with van der Waals surface area (Å²) in [4.78, 5) is 22.0. The van der Waals surface area contributed by atoms with E-state index in [-0.39, 0.29) is 37.0 Å². The van der Waals surface area contributed by atoms with Crippen molar-refractivity contribution >= 4 is 45.8 Å². The fourth-order valence-electron chi connectivity index (χ4n) is 1.68. The molecule has 2 N–H and O–H groups in total. The average molecular weight is 243 g/mol. The molecule has 0 aliphatic carbocycles. The second-order valence-corrected chi connectivity index (χ2v) is 3.32. The third-order valence-electron chi connectivity index (χ3n) is 2.37. The van der Waals surface area contributed by atoms with Gasteiger partial charge in [0, 0.05) is 0 Å². The van der Waals surface area contributed by atoms with Crippen LogP contribution in [0.1, 0.15) is 23.6 Å². The normalized spacial score (nSPS) is 9.65. The summed E-state index contributed by atoms with van der Waals surface area (Å²) >= 11 is 0. The third-order valence-corrected chi connectivity index (χ3v) is 2.37. The maximum atomic E-state index is 11.1. The summed E-state index contributed by atoms with van der Waals surface area (Å²) in [6.45, 7) is 0. The number of carbonyl (C=O) groups is 2. The zero-order chi connectivity index (χ0) is 11.7. The maximum Gasteiger partial charge on any atom is 2.00 e. The summed E-state index contributed by atoms with van der Waals surface area (Å²) in [6.07, 6.45) is 0. The van der Waals surface area contributed by atoms with Gasteiger partial charge in [-0.05, 0) is 16.8 Å². The molecular weight excluding hydrogens is 232 g/mol. The second kappa shape index (κ2) is 5.16. The van der Waals surface area contributed by atoms with Gasteiger partial charge in [0.1, 0.15) is 0 Å². The van der Waals surface area contributed by atoms with Gasteiger partial charge < -0.3 is 13.1 Å². The number of carboxylic acids is 2. The quantitative estimate of drug-likeness (QED) is 0.791. The van der Waals surface area contributed by atoms with Crippen LogP contribution in [-0.2, 0) is 0 Å². The molecule has 0 bridgehead atoms. The largest absolute Gasteiger partial charge is 2.00 e. The Balaban J connectivity index is 0. The molecule has 0 fully saturated rings. The molecule has 84 valence electrons. The fraction of sp³-hybridized carbons (Fsp3) is 0. The maximum absolute atomic E-state index is 11.1. The minimum atomic E-state index is -1.23. The Morgan fingerprint density at radius 2 is 1.59 bits per heavy atom. The Morgan fingerprint density at radius 1 is 0.941 bits per heavy atom. The number of fused-ring (bicyclic) bond motifs is 1. The minimum Gasteiger partial charge on any atom is -1.00 e. The van der Waals surface area contributed by atoms with Crippen molar-refractivity contribution in [1.82, 2.24) is 0 Å². The van der Waals surface area contributed by atoms with Crippen molar-refractivity contribution in [3.8, 4) is 0 Å². The molecule has 0 radical (unpaired) electrons. The van der Waals surface area contributed by atoms with Crippen LogP contribution in [0.25, 0.3) is 10.8 Å². The van der Waals surface area contributed by atoms with Crippen LogP contribution >= 0.6 is 0 Å². The summed E-state index contributed by atoms with van der Waals surface area (Å²) in [6, 6.07) is 9.72. The standard InChI is InChI=1S/C12H8O4.Mg.2H/c13-11(14)9-6-5-7-3-1-2-4-8(7)10(9)12(15)16;;;/h1-6H,(H,13,14)(H,15,16);;;/q;+2;2*-1. The smallest absolute Gasteiger partial charge is 1.00 e. The molecule has 0 saturated carbocycles. The molecule has 0 aromatic heterocycles. The molecule has 0 aliphatic rings. The van der Waals surface area contributed by atoms with Crippen molar-refractivity contribution in [2.45, 2.75) is 0 Å². The number of hydrogen-bond acceptors (Lipinski definition) is 2. The van der Waals surface area contributed by atoms with Crippen LogP contribution in [-0.4, -0.2) is 45.2 Å². The molecule has 0 spiro atoms. The van der Waals surface area contributed by atoms with Gasteiger partial charge in [0.2, 0.25) is 0 Å². The summed E-state index contributed by atoms with van der Waals surface area (Å²) in [7, 11) is 0. The van der Waals surface area contributed by atoms with Gasteiger partial charge in [-0.1, -0.05) is 30.3 Å². The molecule has 2 aromatic carbocycles. The van der Waals surface area contributed by atoms with Crippen LogP contribution < -0.4 is 0 Å². The van der Waals surface area contributed by atoms with E-state index in [1.807, 2.05) is 0 Å². The van der Waals surface area contributed by atoms with Crippen LogP contribution in [0.4, 0.5) is 0 Å². The Bertz CT molecular complexity index is 601. The second-order valence-electron chi connectivity index (χ2n) is 3.32. The van der Waals surface area contributed by atoms with Crippen molar-refractivity contribution in [3.63, 3.8) is 0 Å². The van der Waals surface area contributed by atoms with Crippen molar-refractivity contribution in [2.24, 2.45) is 0 Å². The number of hydrogen-bond donors (Lipinski definition) is 2. The van der Waals surface area contributed by atoms with Crippen molar-refractivity contribution in [1.29, 1.82) is 0 Å². The average Bonchev–Trinajstić information content (AvgIpc) is 2.27. The summed E-state index contributed by atoms with van der Waals surface area (Å²) in [5, 5.41) is 19.1. The van der Waals surface area contributed by atoms with Crippen LogP contribution in [0.5, 0.6) is 0 Å². The zero-order valence-corrected chi connectivity index (χ0v) is 10.3. The van der Waals surface area contributed by atoms with Gasteiger partial charge in [-0.2, -0.15) is 0 Å². The molecule has 17 heavy (non-hydrogen) atoms.